The lowest BCUT2D eigenvalue weighted by molar-refractivity contribution is 0.104. The van der Waals surface area contributed by atoms with Crippen LogP contribution in [0.5, 0.6) is 0 Å². The first-order valence-corrected chi connectivity index (χ1v) is 12.6. The maximum Gasteiger partial charge on any atom is 0.249 e. The van der Waals surface area contributed by atoms with Gasteiger partial charge in [-0.25, -0.2) is 17.2 Å². The monoisotopic (exact) mass is 489 g/mol. The van der Waals surface area contributed by atoms with Crippen LogP contribution in [0, 0.1) is 11.3 Å². The Morgan fingerprint density at radius 3 is 2.24 bits per heavy atom. The van der Waals surface area contributed by atoms with Crippen molar-refractivity contribution in [3.05, 3.63) is 65.7 Å². The van der Waals surface area contributed by atoms with Crippen molar-refractivity contribution in [3.8, 4) is 6.07 Å². The van der Waals surface area contributed by atoms with Crippen molar-refractivity contribution in [2.75, 3.05) is 36.1 Å². The summed E-state index contributed by atoms with van der Waals surface area (Å²) in [6, 6.07) is 14.8. The van der Waals surface area contributed by atoms with Crippen molar-refractivity contribution in [3.63, 3.8) is 0 Å². The number of sulfonamides is 1. The van der Waals surface area contributed by atoms with Crippen LogP contribution in [0.15, 0.2) is 54.6 Å². The van der Waals surface area contributed by atoms with Crippen LogP contribution in [0.25, 0.3) is 6.08 Å². The van der Waals surface area contributed by atoms with Gasteiger partial charge in [-0.15, -0.1) is 0 Å². The fraction of sp³-hybridized carbons (Fsp3) is 0.360. The number of anilines is 2. The normalized spacial score (nSPS) is 12.3. The summed E-state index contributed by atoms with van der Waals surface area (Å²) >= 11 is 0. The van der Waals surface area contributed by atoms with Gasteiger partial charge < -0.3 is 4.90 Å². The molecule has 0 bridgehead atoms. The first-order chi connectivity index (χ1) is 16.3. The van der Waals surface area contributed by atoms with E-state index in [1.807, 2.05) is 13.0 Å². The van der Waals surface area contributed by atoms with E-state index in [-0.39, 0.29) is 31.0 Å². The molecular formula is C25H29F2N3O3S. The maximum absolute atomic E-state index is 12.6. The Bertz CT molecular complexity index is 1090. The minimum atomic E-state index is -3.85. The number of alkyl halides is 2. The fourth-order valence-corrected chi connectivity index (χ4v) is 4.48. The molecule has 1 N–H and O–H groups in total. The van der Waals surface area contributed by atoms with Crippen LogP contribution in [0.2, 0.25) is 0 Å². The predicted octanol–water partition coefficient (Wildman–Crippen LogP) is 5.15. The third-order valence-corrected chi connectivity index (χ3v) is 6.77. The van der Waals surface area contributed by atoms with E-state index in [0.29, 0.717) is 17.7 Å². The van der Waals surface area contributed by atoms with Crippen LogP contribution in [-0.2, 0) is 10.0 Å². The summed E-state index contributed by atoms with van der Waals surface area (Å²) in [5.41, 5.74) is 2.09. The number of benzene rings is 2. The Morgan fingerprint density at radius 1 is 1.09 bits per heavy atom. The molecule has 182 valence electrons. The summed E-state index contributed by atoms with van der Waals surface area (Å²) in [7, 11) is -3.85. The molecule has 1 unspecified atom stereocenters. The number of nitrogens with one attached hydrogen (secondary N) is 1. The zero-order valence-corrected chi connectivity index (χ0v) is 19.9. The lowest BCUT2D eigenvalue weighted by atomic mass is 10.1. The first-order valence-electron chi connectivity index (χ1n) is 11.0. The van der Waals surface area contributed by atoms with Gasteiger partial charge in [-0.2, -0.15) is 5.26 Å². The van der Waals surface area contributed by atoms with Gasteiger partial charge >= 0.3 is 0 Å². The Hall–Kier alpha value is -3.25. The van der Waals surface area contributed by atoms with Gasteiger partial charge in [0.25, 0.3) is 0 Å². The second-order valence-electron chi connectivity index (χ2n) is 7.64. The number of hydrogen-bond donors (Lipinski definition) is 1. The predicted molar refractivity (Wildman–Crippen MR) is 132 cm³/mol. The third kappa shape index (κ3) is 7.96. The quantitative estimate of drug-likeness (QED) is 0.293. The van der Waals surface area contributed by atoms with Crippen molar-refractivity contribution in [2.24, 2.45) is 0 Å². The minimum Gasteiger partial charge on any atom is -0.366 e. The van der Waals surface area contributed by atoms with E-state index >= 15 is 0 Å². The molecule has 6 nitrogen and oxygen atoms in total. The molecule has 2 rings (SSSR count). The molecule has 0 amide bonds. The molecule has 0 heterocycles. The molecule has 0 aliphatic carbocycles. The average Bonchev–Trinajstić information content (AvgIpc) is 2.83. The molecule has 0 spiro atoms. The Labute approximate surface area is 199 Å². The molecule has 1 atom stereocenters. The van der Waals surface area contributed by atoms with Gasteiger partial charge in [0.15, 0.2) is 11.0 Å². The highest BCUT2D eigenvalue weighted by Crippen LogP contribution is 2.18. The van der Waals surface area contributed by atoms with E-state index in [2.05, 4.69) is 4.72 Å². The lowest BCUT2D eigenvalue weighted by Crippen LogP contribution is -2.27. The van der Waals surface area contributed by atoms with Gasteiger partial charge in [-0.05, 0) is 54.5 Å². The SMILES string of the molecule is CCCCC(C#N)S(=O)(=O)Nc1ccc(C(=O)C=Cc2ccc(N(CCF)CCF)cc2)cc1. The van der Waals surface area contributed by atoms with Gasteiger partial charge in [0.1, 0.15) is 13.3 Å². The first kappa shape index (κ1) is 27.0. The van der Waals surface area contributed by atoms with Gasteiger partial charge in [-0.3, -0.25) is 9.52 Å². The van der Waals surface area contributed by atoms with E-state index in [1.165, 1.54) is 30.3 Å². The van der Waals surface area contributed by atoms with Crippen LogP contribution in [-0.4, -0.2) is 45.9 Å². The number of hydrogen-bond acceptors (Lipinski definition) is 5. The molecule has 0 saturated heterocycles. The van der Waals surface area contributed by atoms with Crippen LogP contribution in [0.4, 0.5) is 20.2 Å². The molecule has 0 fully saturated rings. The minimum absolute atomic E-state index is 0.111. The lowest BCUT2D eigenvalue weighted by Gasteiger charge is -2.22. The average molecular weight is 490 g/mol. The van der Waals surface area contributed by atoms with Crippen molar-refractivity contribution in [1.29, 1.82) is 5.26 Å². The van der Waals surface area contributed by atoms with E-state index in [0.717, 1.165) is 12.0 Å². The molecule has 0 saturated carbocycles. The molecule has 2 aromatic rings. The highest BCUT2D eigenvalue weighted by molar-refractivity contribution is 7.93. The number of nitrogens with zero attached hydrogens (tertiary/aromatic N) is 2. The Morgan fingerprint density at radius 2 is 1.71 bits per heavy atom. The Balaban J connectivity index is 2.02. The number of ketones is 1. The third-order valence-electron chi connectivity index (χ3n) is 5.16. The number of carbonyl (C=O) groups is 1. The van der Waals surface area contributed by atoms with Crippen LogP contribution < -0.4 is 9.62 Å². The van der Waals surface area contributed by atoms with Gasteiger partial charge in [0, 0.05) is 30.0 Å². The molecule has 34 heavy (non-hydrogen) atoms. The summed E-state index contributed by atoms with van der Waals surface area (Å²) in [6.45, 7) is 0.993. The zero-order valence-electron chi connectivity index (χ0n) is 19.1. The van der Waals surface area contributed by atoms with E-state index in [4.69, 9.17) is 0 Å². The molecule has 0 aliphatic heterocycles. The Kier molecular flexibility index (Phi) is 10.7. The maximum atomic E-state index is 12.6. The smallest absolute Gasteiger partial charge is 0.249 e. The molecule has 2 aromatic carbocycles. The fourth-order valence-electron chi connectivity index (χ4n) is 3.25. The van der Waals surface area contributed by atoms with Crippen LogP contribution >= 0.6 is 0 Å². The number of halogens is 2. The zero-order chi connectivity index (χ0) is 25.0. The highest BCUT2D eigenvalue weighted by atomic mass is 32.2. The van der Waals surface area contributed by atoms with Crippen molar-refractivity contribution in [2.45, 2.75) is 31.4 Å². The number of rotatable bonds is 14. The molecule has 0 aliphatic rings. The molecule has 9 heteroatoms. The largest absolute Gasteiger partial charge is 0.366 e. The van der Waals surface area contributed by atoms with E-state index < -0.39 is 28.6 Å². The van der Waals surface area contributed by atoms with Gasteiger partial charge in [0.2, 0.25) is 10.0 Å². The van der Waals surface area contributed by atoms with Gasteiger partial charge in [0.05, 0.1) is 6.07 Å². The second-order valence-corrected chi connectivity index (χ2v) is 9.50. The summed E-state index contributed by atoms with van der Waals surface area (Å²) in [5, 5.41) is 8.04. The summed E-state index contributed by atoms with van der Waals surface area (Å²) in [5.74, 6) is -0.271. The standard InChI is InChI=1S/C25H29F2N3O3S/c1-2-3-4-24(19-28)34(32,33)29-22-10-8-21(9-11-22)25(31)14-7-20-5-12-23(13-6-20)30(17-15-26)18-16-27/h5-14,24,29H,2-4,15-18H2,1H3. The topological polar surface area (TPSA) is 90.3 Å². The summed E-state index contributed by atoms with van der Waals surface area (Å²) < 4.78 is 52.5. The van der Waals surface area contributed by atoms with E-state index in [1.54, 1.807) is 35.2 Å². The van der Waals surface area contributed by atoms with Crippen molar-refractivity contribution in [1.82, 2.24) is 0 Å². The van der Waals surface area contributed by atoms with Crippen molar-refractivity contribution < 1.29 is 22.0 Å². The summed E-state index contributed by atoms with van der Waals surface area (Å²) in [4.78, 5) is 14.1. The van der Waals surface area contributed by atoms with Crippen LogP contribution in [0.3, 0.4) is 0 Å². The molecule has 0 radical (unpaired) electrons. The molecular weight excluding hydrogens is 460 g/mol. The summed E-state index contributed by atoms with van der Waals surface area (Å²) in [6.07, 6.45) is 4.70. The second kappa shape index (κ2) is 13.5. The highest BCUT2D eigenvalue weighted by Gasteiger charge is 2.24. The van der Waals surface area contributed by atoms with Crippen LogP contribution in [0.1, 0.15) is 42.1 Å². The number of allylic oxidation sites excluding steroid dienone is 1. The molecule has 0 aromatic heterocycles. The number of carbonyl (C=O) groups excluding carboxylic acids is 1. The number of unbranched alkanes of at least 4 members (excludes halogenated alkanes) is 1. The van der Waals surface area contributed by atoms with E-state index in [9.17, 15) is 27.3 Å². The number of nitriles is 1. The van der Waals surface area contributed by atoms with Crippen molar-refractivity contribution >= 4 is 33.3 Å². The van der Waals surface area contributed by atoms with Gasteiger partial charge in [-0.1, -0.05) is 38.0 Å².